The second-order valence-electron chi connectivity index (χ2n) is 6.78. The van der Waals surface area contributed by atoms with E-state index in [-0.39, 0.29) is 18.4 Å². The number of pyridine rings is 1. The second-order valence-corrected chi connectivity index (χ2v) is 6.78. The van der Waals surface area contributed by atoms with Gasteiger partial charge in [0.1, 0.15) is 0 Å². The first-order valence-electron chi connectivity index (χ1n) is 8.72. The molecule has 1 N–H and O–H groups in total. The molecular formula is C18H24N4O3. The van der Waals surface area contributed by atoms with Crippen LogP contribution in [0.4, 0.5) is 0 Å². The highest BCUT2D eigenvalue weighted by atomic mass is 16.4. The number of carboxylic acid groups (broad SMARTS) is 1. The van der Waals surface area contributed by atoms with Gasteiger partial charge in [0.15, 0.2) is 5.65 Å². The Labute approximate surface area is 146 Å². The van der Waals surface area contributed by atoms with E-state index in [9.17, 15) is 9.59 Å². The fourth-order valence-corrected chi connectivity index (χ4v) is 3.66. The van der Waals surface area contributed by atoms with Crippen LogP contribution in [0.2, 0.25) is 0 Å². The fraction of sp³-hybridized carbons (Fsp3) is 0.556. The number of aryl methyl sites for hydroxylation is 3. The summed E-state index contributed by atoms with van der Waals surface area (Å²) in [6, 6.07) is 1.87. The zero-order valence-corrected chi connectivity index (χ0v) is 14.9. The van der Waals surface area contributed by atoms with Crippen LogP contribution in [0.15, 0.2) is 6.07 Å². The van der Waals surface area contributed by atoms with Crippen molar-refractivity contribution in [2.24, 2.45) is 7.05 Å². The number of aromatic nitrogens is 3. The number of carbonyl (C=O) groups excluding carboxylic acids is 1. The number of nitrogens with zero attached hydrogens (tertiary/aromatic N) is 4. The van der Waals surface area contributed by atoms with Crippen LogP contribution in [0, 0.1) is 13.8 Å². The summed E-state index contributed by atoms with van der Waals surface area (Å²) in [4.78, 5) is 30.5. The van der Waals surface area contributed by atoms with Crippen molar-refractivity contribution in [1.82, 2.24) is 19.7 Å². The summed E-state index contributed by atoms with van der Waals surface area (Å²) in [5.41, 5.74) is 2.89. The highest BCUT2D eigenvalue weighted by molar-refractivity contribution is 5.99. The molecule has 3 rings (SSSR count). The summed E-state index contributed by atoms with van der Waals surface area (Å²) >= 11 is 0. The monoisotopic (exact) mass is 344 g/mol. The van der Waals surface area contributed by atoms with E-state index >= 15 is 0 Å². The van der Waals surface area contributed by atoms with E-state index in [2.05, 4.69) is 10.1 Å². The minimum atomic E-state index is -0.816. The highest BCUT2D eigenvalue weighted by Gasteiger charge is 2.29. The Bertz CT molecular complexity index is 827. The number of rotatable bonds is 4. The van der Waals surface area contributed by atoms with Crippen LogP contribution < -0.4 is 0 Å². The number of hydrogen-bond acceptors (Lipinski definition) is 4. The van der Waals surface area contributed by atoms with Gasteiger partial charge in [-0.05, 0) is 45.6 Å². The van der Waals surface area contributed by atoms with Crippen molar-refractivity contribution in [2.75, 3.05) is 6.54 Å². The minimum absolute atomic E-state index is 0.0116. The predicted molar refractivity (Wildman–Crippen MR) is 93.5 cm³/mol. The molecule has 0 radical (unpaired) electrons. The van der Waals surface area contributed by atoms with Crippen molar-refractivity contribution in [3.05, 3.63) is 23.0 Å². The Balaban J connectivity index is 1.92. The van der Waals surface area contributed by atoms with Crippen LogP contribution in [0.5, 0.6) is 0 Å². The Hall–Kier alpha value is -2.44. The molecule has 1 fully saturated rings. The van der Waals surface area contributed by atoms with Gasteiger partial charge >= 0.3 is 5.97 Å². The summed E-state index contributed by atoms with van der Waals surface area (Å²) in [6.07, 6.45) is 3.44. The molecule has 7 nitrogen and oxygen atoms in total. The molecule has 0 spiro atoms. The van der Waals surface area contributed by atoms with Crippen LogP contribution in [-0.2, 0) is 11.8 Å². The van der Waals surface area contributed by atoms with E-state index in [0.29, 0.717) is 24.2 Å². The SMILES string of the molecule is Cc1nc2c(cc1C(=O)N1CCCCC1CCC(=O)O)c(C)nn2C. The maximum absolute atomic E-state index is 13.1. The van der Waals surface area contributed by atoms with Crippen LogP contribution in [0.1, 0.15) is 53.8 Å². The average molecular weight is 344 g/mol. The maximum atomic E-state index is 13.1. The lowest BCUT2D eigenvalue weighted by Gasteiger charge is -2.36. The van der Waals surface area contributed by atoms with E-state index in [1.54, 1.807) is 4.68 Å². The molecule has 2 aromatic heterocycles. The van der Waals surface area contributed by atoms with Crippen molar-refractivity contribution in [3.63, 3.8) is 0 Å². The van der Waals surface area contributed by atoms with Gasteiger partial charge in [-0.2, -0.15) is 5.10 Å². The first-order chi connectivity index (χ1) is 11.9. The van der Waals surface area contributed by atoms with Crippen LogP contribution in [0.3, 0.4) is 0 Å². The van der Waals surface area contributed by atoms with Gasteiger partial charge in [-0.25, -0.2) is 4.98 Å². The fourth-order valence-electron chi connectivity index (χ4n) is 3.66. The number of hydrogen-bond donors (Lipinski definition) is 1. The minimum Gasteiger partial charge on any atom is -0.481 e. The van der Waals surface area contributed by atoms with Gasteiger partial charge in [0.25, 0.3) is 5.91 Å². The number of piperidine rings is 1. The maximum Gasteiger partial charge on any atom is 0.303 e. The molecule has 1 atom stereocenters. The zero-order chi connectivity index (χ0) is 18.1. The molecule has 25 heavy (non-hydrogen) atoms. The molecule has 1 aliphatic heterocycles. The molecule has 7 heteroatoms. The molecule has 1 amide bonds. The third-order valence-corrected chi connectivity index (χ3v) is 5.00. The second kappa shape index (κ2) is 6.82. The van der Waals surface area contributed by atoms with Gasteiger partial charge in [-0.15, -0.1) is 0 Å². The predicted octanol–water partition coefficient (Wildman–Crippen LogP) is 2.44. The topological polar surface area (TPSA) is 88.3 Å². The first-order valence-corrected chi connectivity index (χ1v) is 8.72. The molecule has 0 aliphatic carbocycles. The van der Waals surface area contributed by atoms with Crippen molar-refractivity contribution in [3.8, 4) is 0 Å². The molecule has 0 bridgehead atoms. The van der Waals surface area contributed by atoms with Gasteiger partial charge in [0.05, 0.1) is 17.0 Å². The molecule has 134 valence electrons. The summed E-state index contributed by atoms with van der Waals surface area (Å²) in [5, 5.41) is 14.2. The van der Waals surface area contributed by atoms with Crippen molar-refractivity contribution >= 4 is 22.9 Å². The smallest absolute Gasteiger partial charge is 0.303 e. The zero-order valence-electron chi connectivity index (χ0n) is 14.9. The third kappa shape index (κ3) is 3.36. The number of aliphatic carboxylic acids is 1. The summed E-state index contributed by atoms with van der Waals surface area (Å²) in [5.74, 6) is -0.867. The molecule has 1 aliphatic rings. The van der Waals surface area contributed by atoms with Gasteiger partial charge in [-0.3, -0.25) is 14.3 Å². The van der Waals surface area contributed by atoms with E-state index in [0.717, 1.165) is 36.0 Å². The lowest BCUT2D eigenvalue weighted by atomic mass is 9.96. The van der Waals surface area contributed by atoms with Crippen LogP contribution in [-0.4, -0.2) is 49.2 Å². The number of likely N-dealkylation sites (tertiary alicyclic amines) is 1. The van der Waals surface area contributed by atoms with Gasteiger partial charge in [0, 0.05) is 31.4 Å². The first kappa shape index (κ1) is 17.4. The molecule has 1 unspecified atom stereocenters. The van der Waals surface area contributed by atoms with Crippen molar-refractivity contribution < 1.29 is 14.7 Å². The third-order valence-electron chi connectivity index (χ3n) is 5.00. The van der Waals surface area contributed by atoms with Gasteiger partial charge in [-0.1, -0.05) is 0 Å². The quantitative estimate of drug-likeness (QED) is 0.920. The van der Waals surface area contributed by atoms with E-state index in [1.807, 2.05) is 31.9 Å². The summed E-state index contributed by atoms with van der Waals surface area (Å²) in [7, 11) is 1.84. The van der Waals surface area contributed by atoms with Gasteiger partial charge in [0.2, 0.25) is 0 Å². The van der Waals surface area contributed by atoms with Crippen LogP contribution in [0.25, 0.3) is 11.0 Å². The molecule has 2 aromatic rings. The van der Waals surface area contributed by atoms with E-state index in [4.69, 9.17) is 5.11 Å². The number of amides is 1. The average Bonchev–Trinajstić information content (AvgIpc) is 2.85. The molecule has 1 saturated heterocycles. The molecule has 0 aromatic carbocycles. The van der Waals surface area contributed by atoms with Crippen LogP contribution >= 0.6 is 0 Å². The largest absolute Gasteiger partial charge is 0.481 e. The lowest BCUT2D eigenvalue weighted by Crippen LogP contribution is -2.44. The van der Waals surface area contributed by atoms with E-state index < -0.39 is 5.97 Å². The number of carboxylic acids is 1. The molecule has 3 heterocycles. The lowest BCUT2D eigenvalue weighted by molar-refractivity contribution is -0.137. The Kier molecular flexibility index (Phi) is 4.74. The Morgan fingerprint density at radius 2 is 2.04 bits per heavy atom. The Morgan fingerprint density at radius 1 is 1.28 bits per heavy atom. The molecular weight excluding hydrogens is 320 g/mol. The summed E-state index contributed by atoms with van der Waals surface area (Å²) in [6.45, 7) is 4.42. The number of fused-ring (bicyclic) bond motifs is 1. The molecule has 0 saturated carbocycles. The standard InChI is InChI=1S/C18H24N4O3/c1-11-15(10-14-12(2)20-21(3)17(14)19-11)18(25)22-9-5-4-6-13(22)7-8-16(23)24/h10,13H,4-9H2,1-3H3,(H,23,24). The number of carbonyl (C=O) groups is 2. The highest BCUT2D eigenvalue weighted by Crippen LogP contribution is 2.26. The van der Waals surface area contributed by atoms with Crippen molar-refractivity contribution in [2.45, 2.75) is 52.0 Å². The normalized spacial score (nSPS) is 17.9. The van der Waals surface area contributed by atoms with Gasteiger partial charge < -0.3 is 10.0 Å². The Morgan fingerprint density at radius 3 is 2.76 bits per heavy atom. The van der Waals surface area contributed by atoms with Crippen molar-refractivity contribution in [1.29, 1.82) is 0 Å². The van der Waals surface area contributed by atoms with E-state index in [1.165, 1.54) is 0 Å². The summed E-state index contributed by atoms with van der Waals surface area (Å²) < 4.78 is 1.72.